The van der Waals surface area contributed by atoms with E-state index in [9.17, 15) is 4.79 Å². The third-order valence-electron chi connectivity index (χ3n) is 4.09. The van der Waals surface area contributed by atoms with Crippen LogP contribution < -0.4 is 14.8 Å². The molecule has 1 heterocycles. The molecule has 0 aliphatic carbocycles. The molecule has 0 spiro atoms. The lowest BCUT2D eigenvalue weighted by Crippen LogP contribution is -2.12. The lowest BCUT2D eigenvalue weighted by atomic mass is 10.1. The lowest BCUT2D eigenvalue weighted by Gasteiger charge is -2.12. The summed E-state index contributed by atoms with van der Waals surface area (Å²) in [7, 11) is 0. The number of carbonyl (C=O) groups excluding carboxylic acids is 1. The van der Waals surface area contributed by atoms with E-state index in [-0.39, 0.29) is 5.91 Å². The van der Waals surface area contributed by atoms with Crippen molar-refractivity contribution in [3.05, 3.63) is 59.0 Å². The minimum Gasteiger partial charge on any atom is -0.490 e. The summed E-state index contributed by atoms with van der Waals surface area (Å²) >= 11 is 1.50. The molecule has 0 saturated carbocycles. The van der Waals surface area contributed by atoms with E-state index >= 15 is 0 Å². The Balaban J connectivity index is 1.83. The SMILES string of the molecule is CCOc1ccc(C(=O)Nc2nc(-c3ccccc3)c(CC)s2)cc1OCC. The smallest absolute Gasteiger partial charge is 0.257 e. The first-order valence-corrected chi connectivity index (χ1v) is 10.2. The van der Waals surface area contributed by atoms with Crippen molar-refractivity contribution in [1.82, 2.24) is 4.98 Å². The number of nitrogens with one attached hydrogen (secondary N) is 1. The molecule has 3 aromatic rings. The molecule has 146 valence electrons. The number of hydrogen-bond acceptors (Lipinski definition) is 5. The summed E-state index contributed by atoms with van der Waals surface area (Å²) in [6.07, 6.45) is 0.856. The van der Waals surface area contributed by atoms with Crippen molar-refractivity contribution >= 4 is 22.4 Å². The molecule has 0 atom stereocenters. The third-order valence-corrected chi connectivity index (χ3v) is 5.21. The molecular weight excluding hydrogens is 372 g/mol. The minimum absolute atomic E-state index is 0.222. The number of carbonyl (C=O) groups is 1. The van der Waals surface area contributed by atoms with Gasteiger partial charge in [-0.2, -0.15) is 0 Å². The molecule has 28 heavy (non-hydrogen) atoms. The molecule has 0 bridgehead atoms. The number of aromatic nitrogens is 1. The van der Waals surface area contributed by atoms with Gasteiger partial charge in [0.05, 0.1) is 18.9 Å². The number of aryl methyl sites for hydroxylation is 1. The summed E-state index contributed by atoms with van der Waals surface area (Å²) in [6.45, 7) is 6.93. The van der Waals surface area contributed by atoms with Gasteiger partial charge < -0.3 is 9.47 Å². The Morgan fingerprint density at radius 2 is 1.71 bits per heavy atom. The Bertz CT molecular complexity index is 938. The highest BCUT2D eigenvalue weighted by atomic mass is 32.1. The summed E-state index contributed by atoms with van der Waals surface area (Å²) in [5.74, 6) is 0.977. The zero-order valence-corrected chi connectivity index (χ0v) is 17.1. The zero-order chi connectivity index (χ0) is 19.9. The first kappa shape index (κ1) is 19.9. The van der Waals surface area contributed by atoms with Gasteiger partial charge in [-0.15, -0.1) is 11.3 Å². The second kappa shape index (κ2) is 9.37. The standard InChI is InChI=1S/C22H24N2O3S/c1-4-19-20(15-10-8-7-9-11-15)23-22(28-19)24-21(25)16-12-13-17(26-5-2)18(14-16)27-6-3/h7-14H,4-6H2,1-3H3,(H,23,24,25). The van der Waals surface area contributed by atoms with E-state index < -0.39 is 0 Å². The maximum absolute atomic E-state index is 12.7. The molecule has 3 rings (SSSR count). The fourth-order valence-corrected chi connectivity index (χ4v) is 3.75. The molecule has 1 aromatic heterocycles. The molecule has 6 heteroatoms. The monoisotopic (exact) mass is 396 g/mol. The van der Waals surface area contributed by atoms with E-state index in [4.69, 9.17) is 9.47 Å². The van der Waals surface area contributed by atoms with Crippen LogP contribution in [0, 0.1) is 0 Å². The average Bonchev–Trinajstić information content (AvgIpc) is 3.13. The lowest BCUT2D eigenvalue weighted by molar-refractivity contribution is 0.102. The highest BCUT2D eigenvalue weighted by Crippen LogP contribution is 2.32. The van der Waals surface area contributed by atoms with Gasteiger partial charge >= 0.3 is 0 Å². The number of hydrogen-bond donors (Lipinski definition) is 1. The van der Waals surface area contributed by atoms with Crippen LogP contribution in [0.4, 0.5) is 5.13 Å². The Labute approximate surface area is 169 Å². The van der Waals surface area contributed by atoms with Crippen LogP contribution in [-0.2, 0) is 6.42 Å². The number of rotatable bonds is 8. The van der Waals surface area contributed by atoms with E-state index in [1.165, 1.54) is 11.3 Å². The number of ether oxygens (including phenoxy) is 2. The Morgan fingerprint density at radius 3 is 2.39 bits per heavy atom. The van der Waals surface area contributed by atoms with Gasteiger partial charge in [0.1, 0.15) is 0 Å². The molecule has 1 amide bonds. The normalized spacial score (nSPS) is 10.5. The first-order chi connectivity index (χ1) is 13.7. The summed E-state index contributed by atoms with van der Waals surface area (Å²) in [6, 6.07) is 15.2. The van der Waals surface area contributed by atoms with Crippen molar-refractivity contribution in [2.24, 2.45) is 0 Å². The van der Waals surface area contributed by atoms with Gasteiger partial charge in [-0.1, -0.05) is 37.3 Å². The van der Waals surface area contributed by atoms with Gasteiger partial charge in [-0.25, -0.2) is 4.98 Å². The van der Waals surface area contributed by atoms with Crippen molar-refractivity contribution in [2.45, 2.75) is 27.2 Å². The maximum atomic E-state index is 12.7. The molecule has 0 aliphatic rings. The highest BCUT2D eigenvalue weighted by Gasteiger charge is 2.16. The second-order valence-electron chi connectivity index (χ2n) is 5.99. The molecule has 2 aromatic carbocycles. The molecule has 5 nitrogen and oxygen atoms in total. The number of benzene rings is 2. The van der Waals surface area contributed by atoms with E-state index in [0.717, 1.165) is 22.6 Å². The number of thiazole rings is 1. The third kappa shape index (κ3) is 4.51. The summed E-state index contributed by atoms with van der Waals surface area (Å²) in [5, 5.41) is 3.51. The van der Waals surface area contributed by atoms with Crippen LogP contribution in [-0.4, -0.2) is 24.1 Å². The Hall–Kier alpha value is -2.86. The van der Waals surface area contributed by atoms with Crippen molar-refractivity contribution in [2.75, 3.05) is 18.5 Å². The van der Waals surface area contributed by atoms with E-state index in [2.05, 4.69) is 17.2 Å². The topological polar surface area (TPSA) is 60.5 Å². The van der Waals surface area contributed by atoms with Crippen molar-refractivity contribution in [3.8, 4) is 22.8 Å². The quantitative estimate of drug-likeness (QED) is 0.552. The van der Waals surface area contributed by atoms with Crippen LogP contribution in [0.3, 0.4) is 0 Å². The second-order valence-corrected chi connectivity index (χ2v) is 7.08. The fraction of sp³-hybridized carbons (Fsp3) is 0.273. The molecule has 0 unspecified atom stereocenters. The van der Waals surface area contributed by atoms with E-state index in [1.54, 1.807) is 18.2 Å². The van der Waals surface area contributed by atoms with Gasteiger partial charge in [-0.05, 0) is 38.5 Å². The van der Waals surface area contributed by atoms with Crippen LogP contribution in [0.25, 0.3) is 11.3 Å². The molecule has 0 saturated heterocycles. The zero-order valence-electron chi connectivity index (χ0n) is 16.3. The van der Waals surface area contributed by atoms with Crippen molar-refractivity contribution in [3.63, 3.8) is 0 Å². The van der Waals surface area contributed by atoms with Crippen molar-refractivity contribution < 1.29 is 14.3 Å². The first-order valence-electron chi connectivity index (χ1n) is 9.42. The van der Waals surface area contributed by atoms with Crippen LogP contribution in [0.15, 0.2) is 48.5 Å². The van der Waals surface area contributed by atoms with E-state index in [1.807, 2.05) is 44.2 Å². The number of anilines is 1. The summed E-state index contributed by atoms with van der Waals surface area (Å²) in [4.78, 5) is 18.5. The Morgan fingerprint density at radius 1 is 1.00 bits per heavy atom. The fourth-order valence-electron chi connectivity index (χ4n) is 2.83. The van der Waals surface area contributed by atoms with Gasteiger partial charge in [0.25, 0.3) is 5.91 Å². The largest absolute Gasteiger partial charge is 0.490 e. The molecule has 0 aliphatic heterocycles. The molecule has 0 fully saturated rings. The van der Waals surface area contributed by atoms with Gasteiger partial charge in [-0.3, -0.25) is 10.1 Å². The summed E-state index contributed by atoms with van der Waals surface area (Å²) < 4.78 is 11.2. The highest BCUT2D eigenvalue weighted by molar-refractivity contribution is 7.16. The van der Waals surface area contributed by atoms with E-state index in [0.29, 0.717) is 35.4 Å². The number of nitrogens with zero attached hydrogens (tertiary/aromatic N) is 1. The van der Waals surface area contributed by atoms with Gasteiger partial charge in [0.15, 0.2) is 16.6 Å². The Kier molecular flexibility index (Phi) is 6.66. The number of amides is 1. The molecular formula is C22H24N2O3S. The average molecular weight is 397 g/mol. The molecule has 0 radical (unpaired) electrons. The van der Waals surface area contributed by atoms with Crippen LogP contribution in [0.2, 0.25) is 0 Å². The van der Waals surface area contributed by atoms with Crippen LogP contribution in [0.5, 0.6) is 11.5 Å². The van der Waals surface area contributed by atoms with Crippen LogP contribution in [0.1, 0.15) is 36.0 Å². The maximum Gasteiger partial charge on any atom is 0.257 e. The minimum atomic E-state index is -0.222. The van der Waals surface area contributed by atoms with Gasteiger partial charge in [0, 0.05) is 16.0 Å². The predicted molar refractivity (Wildman–Crippen MR) is 114 cm³/mol. The summed E-state index contributed by atoms with van der Waals surface area (Å²) in [5.41, 5.74) is 2.47. The van der Waals surface area contributed by atoms with Crippen molar-refractivity contribution in [1.29, 1.82) is 0 Å². The van der Waals surface area contributed by atoms with Gasteiger partial charge in [0.2, 0.25) is 0 Å². The molecule has 1 N–H and O–H groups in total. The predicted octanol–water partition coefficient (Wildman–Crippen LogP) is 5.42. The van der Waals surface area contributed by atoms with Crippen LogP contribution >= 0.6 is 11.3 Å².